The molecule has 0 aliphatic carbocycles. The number of hydrogen-bond acceptors (Lipinski definition) is 7. The van der Waals surface area contributed by atoms with Crippen LogP contribution < -0.4 is 5.32 Å². The summed E-state index contributed by atoms with van der Waals surface area (Å²) in [6.45, 7) is 11.0. The van der Waals surface area contributed by atoms with Crippen LogP contribution in [0.25, 0.3) is 11.1 Å². The van der Waals surface area contributed by atoms with Gasteiger partial charge in [-0.05, 0) is 65.2 Å². The van der Waals surface area contributed by atoms with E-state index in [1.54, 1.807) is 26.2 Å². The van der Waals surface area contributed by atoms with E-state index >= 15 is 0 Å². The van der Waals surface area contributed by atoms with Crippen molar-refractivity contribution < 1.29 is 14.6 Å². The van der Waals surface area contributed by atoms with Crippen molar-refractivity contribution in [2.75, 3.05) is 0 Å². The average molecular weight is 443 g/mol. The molecule has 2 N–H and O–H groups in total. The molecule has 1 aliphatic heterocycles. The summed E-state index contributed by atoms with van der Waals surface area (Å²) in [7, 11) is 0. The van der Waals surface area contributed by atoms with Crippen molar-refractivity contribution in [2.45, 2.75) is 70.0 Å². The van der Waals surface area contributed by atoms with Crippen LogP contribution >= 0.6 is 11.8 Å². The van der Waals surface area contributed by atoms with Crippen molar-refractivity contribution in [2.24, 2.45) is 4.99 Å². The highest BCUT2D eigenvalue weighted by atomic mass is 32.2. The maximum absolute atomic E-state index is 12.4. The zero-order valence-electron chi connectivity index (χ0n) is 18.8. The minimum Gasteiger partial charge on any atom is -0.444 e. The van der Waals surface area contributed by atoms with E-state index in [9.17, 15) is 9.90 Å². The minimum absolute atomic E-state index is 0.396. The molecule has 0 fully saturated rings. The third kappa shape index (κ3) is 6.04. The summed E-state index contributed by atoms with van der Waals surface area (Å²) in [6.07, 6.45) is 5.10. The molecule has 7 nitrogen and oxygen atoms in total. The molecule has 1 aromatic heterocycles. The number of nitrogens with one attached hydrogen (secondary N) is 1. The summed E-state index contributed by atoms with van der Waals surface area (Å²) in [6, 6.07) is 7.77. The highest BCUT2D eigenvalue weighted by Gasteiger charge is 2.42. The lowest BCUT2D eigenvalue weighted by Crippen LogP contribution is -2.46. The third-order valence-electron chi connectivity index (χ3n) is 4.97. The van der Waals surface area contributed by atoms with Gasteiger partial charge >= 0.3 is 6.09 Å². The molecular formula is C23H30N4O3S. The lowest BCUT2D eigenvalue weighted by atomic mass is 9.85. The second-order valence-corrected chi connectivity index (χ2v) is 11.0. The van der Waals surface area contributed by atoms with Gasteiger partial charge in [-0.2, -0.15) is 0 Å². The van der Waals surface area contributed by atoms with E-state index in [4.69, 9.17) is 4.74 Å². The highest BCUT2D eigenvalue weighted by molar-refractivity contribution is 8.14. The molecule has 1 aromatic carbocycles. The first-order chi connectivity index (χ1) is 14.4. The molecule has 2 heterocycles. The fourth-order valence-electron chi connectivity index (χ4n) is 3.35. The van der Waals surface area contributed by atoms with Crippen LogP contribution in [-0.2, 0) is 9.48 Å². The number of aromatic nitrogens is 2. The number of carbonyl (C=O) groups excluding carboxylic acids is 1. The minimum atomic E-state index is -1.05. The van der Waals surface area contributed by atoms with Crippen molar-refractivity contribution >= 4 is 23.0 Å². The monoisotopic (exact) mass is 442 g/mol. The van der Waals surface area contributed by atoms with Crippen LogP contribution in [0.3, 0.4) is 0 Å². The van der Waals surface area contributed by atoms with Gasteiger partial charge in [-0.1, -0.05) is 30.0 Å². The van der Waals surface area contributed by atoms with Crippen LogP contribution in [-0.4, -0.2) is 43.6 Å². The number of hydrogen-bond donors (Lipinski definition) is 2. The van der Waals surface area contributed by atoms with Crippen molar-refractivity contribution in [1.29, 1.82) is 0 Å². The molecule has 1 aliphatic rings. The molecule has 31 heavy (non-hydrogen) atoms. The fourth-order valence-corrected chi connectivity index (χ4v) is 4.57. The normalized spacial score (nSPS) is 21.9. The Kier molecular flexibility index (Phi) is 6.43. The SMILES string of the molecule is CC(C)(C)OC(=O)NC1=N[C@H](C(C)(C)O)C[C@@](C)(c2cccc(-c3cncnc3)c2)S1. The van der Waals surface area contributed by atoms with Gasteiger partial charge < -0.3 is 9.84 Å². The molecule has 8 heteroatoms. The number of thioether (sulfide) groups is 1. The van der Waals surface area contributed by atoms with Crippen molar-refractivity contribution in [1.82, 2.24) is 15.3 Å². The highest BCUT2D eigenvalue weighted by Crippen LogP contribution is 2.46. The van der Waals surface area contributed by atoms with Crippen LogP contribution in [0.1, 0.15) is 53.5 Å². The first kappa shape index (κ1) is 23.2. The Morgan fingerprint density at radius 2 is 1.87 bits per heavy atom. The van der Waals surface area contributed by atoms with Crippen molar-refractivity contribution in [3.05, 3.63) is 48.5 Å². The number of nitrogens with zero attached hydrogens (tertiary/aromatic N) is 3. The molecule has 166 valence electrons. The van der Waals surface area contributed by atoms with Gasteiger partial charge in [0.15, 0.2) is 5.17 Å². The van der Waals surface area contributed by atoms with Crippen LogP contribution in [0, 0.1) is 0 Å². The largest absolute Gasteiger partial charge is 0.444 e. The van der Waals surface area contributed by atoms with Crippen LogP contribution in [0.5, 0.6) is 0 Å². The summed E-state index contributed by atoms with van der Waals surface area (Å²) in [5, 5.41) is 13.9. The van der Waals surface area contributed by atoms with Crippen LogP contribution in [0.2, 0.25) is 0 Å². The number of amidine groups is 1. The molecule has 0 radical (unpaired) electrons. The Balaban J connectivity index is 1.93. The van der Waals surface area contributed by atoms with E-state index < -0.39 is 28.1 Å². The Morgan fingerprint density at radius 1 is 1.19 bits per heavy atom. The van der Waals surface area contributed by atoms with E-state index in [0.717, 1.165) is 16.7 Å². The number of benzene rings is 1. The topological polar surface area (TPSA) is 96.7 Å². The Hall–Kier alpha value is -2.45. The predicted molar refractivity (Wildman–Crippen MR) is 124 cm³/mol. The van der Waals surface area contributed by atoms with E-state index in [2.05, 4.69) is 39.3 Å². The maximum Gasteiger partial charge on any atom is 0.413 e. The van der Waals surface area contributed by atoms with Gasteiger partial charge in [0, 0.05) is 22.7 Å². The first-order valence-corrected chi connectivity index (χ1v) is 11.0. The zero-order chi connectivity index (χ0) is 22.9. The smallest absolute Gasteiger partial charge is 0.413 e. The first-order valence-electron chi connectivity index (χ1n) is 10.2. The van der Waals surface area contributed by atoms with Gasteiger partial charge in [0.25, 0.3) is 0 Å². The molecular weight excluding hydrogens is 412 g/mol. The third-order valence-corrected chi connectivity index (χ3v) is 6.22. The molecule has 0 saturated heterocycles. The molecule has 0 unspecified atom stereocenters. The van der Waals surface area contributed by atoms with E-state index in [1.165, 1.54) is 18.1 Å². The Labute approximate surface area is 187 Å². The Morgan fingerprint density at radius 3 is 2.48 bits per heavy atom. The van der Waals surface area contributed by atoms with Gasteiger partial charge in [-0.15, -0.1) is 0 Å². The molecule has 0 bridgehead atoms. The molecule has 2 atom stereocenters. The summed E-state index contributed by atoms with van der Waals surface area (Å²) < 4.78 is 4.96. The quantitative estimate of drug-likeness (QED) is 0.726. The van der Waals surface area contributed by atoms with Gasteiger partial charge in [-0.25, -0.2) is 14.8 Å². The van der Waals surface area contributed by atoms with Gasteiger partial charge in [0.1, 0.15) is 11.9 Å². The number of alkyl carbamates (subject to hydrolysis) is 1. The Bertz CT molecular complexity index is 967. The second-order valence-electron chi connectivity index (χ2n) is 9.48. The molecule has 0 saturated carbocycles. The number of aliphatic imine (C=N–C) groups is 1. The van der Waals surface area contributed by atoms with Crippen molar-refractivity contribution in [3.63, 3.8) is 0 Å². The number of aliphatic hydroxyl groups is 1. The van der Waals surface area contributed by atoms with E-state index in [-0.39, 0.29) is 0 Å². The average Bonchev–Trinajstić information content (AvgIpc) is 2.66. The number of ether oxygens (including phenoxy) is 1. The van der Waals surface area contributed by atoms with Gasteiger partial charge in [-0.3, -0.25) is 10.3 Å². The predicted octanol–water partition coefficient (Wildman–Crippen LogP) is 4.52. The van der Waals surface area contributed by atoms with Gasteiger partial charge in [0.2, 0.25) is 0 Å². The molecule has 2 aromatic rings. The van der Waals surface area contributed by atoms with Gasteiger partial charge in [0.05, 0.1) is 11.6 Å². The van der Waals surface area contributed by atoms with E-state index in [0.29, 0.717) is 11.6 Å². The second kappa shape index (κ2) is 8.59. The van der Waals surface area contributed by atoms with E-state index in [1.807, 2.05) is 32.9 Å². The molecule has 3 rings (SSSR count). The maximum atomic E-state index is 12.4. The standard InChI is InChI=1S/C23H30N4O3S/c1-21(2,3)30-20(28)27-19-26-18(22(4,5)29)11-23(6,31-19)17-9-7-8-15(10-17)16-12-24-14-25-13-16/h7-10,12-14,18,29H,11H2,1-6H3,(H,26,27,28)/t18-,23-/m0/s1. The summed E-state index contributed by atoms with van der Waals surface area (Å²) >= 11 is 1.46. The van der Waals surface area contributed by atoms with Crippen molar-refractivity contribution in [3.8, 4) is 11.1 Å². The lowest BCUT2D eigenvalue weighted by Gasteiger charge is -2.40. The number of amides is 1. The fraction of sp³-hybridized carbons (Fsp3) is 0.478. The molecule has 0 spiro atoms. The molecule has 1 amide bonds. The summed E-state index contributed by atoms with van der Waals surface area (Å²) in [5.74, 6) is 0. The van der Waals surface area contributed by atoms with Crippen LogP contribution in [0.15, 0.2) is 48.0 Å². The summed E-state index contributed by atoms with van der Waals surface area (Å²) in [4.78, 5) is 25.2. The van der Waals surface area contributed by atoms with Crippen LogP contribution in [0.4, 0.5) is 4.79 Å². The number of carbonyl (C=O) groups is 1. The zero-order valence-corrected chi connectivity index (χ0v) is 19.7. The summed E-state index contributed by atoms with van der Waals surface area (Å²) in [5.41, 5.74) is 1.33. The lowest BCUT2D eigenvalue weighted by molar-refractivity contribution is 0.0451. The number of rotatable bonds is 3.